The second-order valence-corrected chi connectivity index (χ2v) is 5.29. The minimum absolute atomic E-state index is 0.165. The highest BCUT2D eigenvalue weighted by molar-refractivity contribution is 6.00. The molecule has 0 saturated carbocycles. The van der Waals surface area contributed by atoms with E-state index >= 15 is 0 Å². The highest BCUT2D eigenvalue weighted by Gasteiger charge is 2.16. The summed E-state index contributed by atoms with van der Waals surface area (Å²) < 4.78 is 0. The summed E-state index contributed by atoms with van der Waals surface area (Å²) in [6.45, 7) is 4.81. The largest absolute Gasteiger partial charge is 0.370 e. The first-order valence-corrected chi connectivity index (χ1v) is 7.10. The fourth-order valence-electron chi connectivity index (χ4n) is 2.47. The fraction of sp³-hybridized carbons (Fsp3) is 0.375. The van der Waals surface area contributed by atoms with Gasteiger partial charge in [-0.3, -0.25) is 10.1 Å². The van der Waals surface area contributed by atoms with E-state index in [1.165, 1.54) is 0 Å². The van der Waals surface area contributed by atoms with Crippen molar-refractivity contribution in [3.63, 3.8) is 0 Å². The molecule has 2 aromatic rings. The quantitative estimate of drug-likeness (QED) is 0.605. The number of hydrogen-bond donors (Lipinski definition) is 0. The summed E-state index contributed by atoms with van der Waals surface area (Å²) in [7, 11) is 4.09. The van der Waals surface area contributed by atoms with Crippen LogP contribution in [-0.4, -0.2) is 43.6 Å². The number of anilines is 1. The van der Waals surface area contributed by atoms with Gasteiger partial charge in [0.25, 0.3) is 5.69 Å². The molecule has 0 fully saturated rings. The van der Waals surface area contributed by atoms with Gasteiger partial charge >= 0.3 is 0 Å². The van der Waals surface area contributed by atoms with Crippen molar-refractivity contribution in [3.8, 4) is 0 Å². The highest BCUT2D eigenvalue weighted by Crippen LogP contribution is 2.33. The van der Waals surface area contributed by atoms with E-state index in [0.717, 1.165) is 30.7 Å². The number of nitro benzene ring substituents is 1. The Bertz CT molecular complexity index is 640. The molecule has 5 nitrogen and oxygen atoms in total. The van der Waals surface area contributed by atoms with Crippen LogP contribution < -0.4 is 4.90 Å². The second kappa shape index (κ2) is 6.54. The number of hydrogen-bond acceptors (Lipinski definition) is 4. The maximum Gasteiger partial charge on any atom is 0.277 e. The number of fused-ring (bicyclic) bond motifs is 1. The predicted molar refractivity (Wildman–Crippen MR) is 87.0 cm³/mol. The summed E-state index contributed by atoms with van der Waals surface area (Å²) in [5.74, 6) is 0. The topological polar surface area (TPSA) is 49.6 Å². The lowest BCUT2D eigenvalue weighted by atomic mass is 10.1. The lowest BCUT2D eigenvalue weighted by molar-refractivity contribution is -0.383. The maximum atomic E-state index is 11.2. The highest BCUT2D eigenvalue weighted by atomic mass is 16.6. The van der Waals surface area contributed by atoms with Crippen LogP contribution in [0, 0.1) is 10.1 Å². The van der Waals surface area contributed by atoms with Crippen LogP contribution in [0.4, 0.5) is 11.4 Å². The Hall–Kier alpha value is -2.14. The molecule has 0 atom stereocenters. The lowest BCUT2D eigenvalue weighted by Crippen LogP contribution is -2.31. The SMILES string of the molecule is CCN(CCN(C)C)c1ccc([N+](=O)[O-])c2ccccc12. The zero-order valence-corrected chi connectivity index (χ0v) is 12.7. The molecule has 0 amide bonds. The smallest absolute Gasteiger partial charge is 0.277 e. The Morgan fingerprint density at radius 3 is 2.29 bits per heavy atom. The van der Waals surface area contributed by atoms with Gasteiger partial charge in [-0.05, 0) is 33.2 Å². The summed E-state index contributed by atoms with van der Waals surface area (Å²) in [6, 6.07) is 11.0. The van der Waals surface area contributed by atoms with Crippen molar-refractivity contribution in [2.45, 2.75) is 6.92 Å². The molecule has 0 N–H and O–H groups in total. The van der Waals surface area contributed by atoms with Gasteiger partial charge in [0.1, 0.15) is 0 Å². The average Bonchev–Trinajstić information content (AvgIpc) is 2.47. The third-order valence-corrected chi connectivity index (χ3v) is 3.61. The van der Waals surface area contributed by atoms with Gasteiger partial charge in [-0.15, -0.1) is 0 Å². The van der Waals surface area contributed by atoms with Crippen molar-refractivity contribution in [2.24, 2.45) is 0 Å². The monoisotopic (exact) mass is 287 g/mol. The van der Waals surface area contributed by atoms with Gasteiger partial charge < -0.3 is 9.80 Å². The van der Waals surface area contributed by atoms with E-state index in [4.69, 9.17) is 0 Å². The molecule has 2 rings (SSSR count). The van der Waals surface area contributed by atoms with Crippen LogP contribution in [0.1, 0.15) is 6.92 Å². The Balaban J connectivity index is 2.49. The Morgan fingerprint density at radius 1 is 1.05 bits per heavy atom. The molecule has 0 aliphatic heterocycles. The standard InChI is InChI=1S/C16H21N3O2/c1-4-18(12-11-17(2)3)15-9-10-16(19(20)21)14-8-6-5-7-13(14)15/h5-10H,4,11-12H2,1-3H3. The average molecular weight is 287 g/mol. The van der Waals surface area contributed by atoms with Crippen LogP contribution in [0.2, 0.25) is 0 Å². The first-order valence-electron chi connectivity index (χ1n) is 7.10. The minimum atomic E-state index is -0.317. The molecule has 0 radical (unpaired) electrons. The molecule has 0 aromatic heterocycles. The van der Waals surface area contributed by atoms with Crippen molar-refractivity contribution >= 4 is 22.1 Å². The van der Waals surface area contributed by atoms with Crippen molar-refractivity contribution in [3.05, 3.63) is 46.5 Å². The van der Waals surface area contributed by atoms with Gasteiger partial charge in [-0.25, -0.2) is 0 Å². The number of nitrogens with zero attached hydrogens (tertiary/aromatic N) is 3. The van der Waals surface area contributed by atoms with Gasteiger partial charge in [0, 0.05) is 36.8 Å². The van der Waals surface area contributed by atoms with E-state index in [-0.39, 0.29) is 10.6 Å². The van der Waals surface area contributed by atoms with E-state index < -0.39 is 0 Å². The molecule has 2 aromatic carbocycles. The molecule has 0 unspecified atom stereocenters. The molecule has 0 heterocycles. The number of benzene rings is 2. The van der Waals surface area contributed by atoms with Crippen LogP contribution in [0.3, 0.4) is 0 Å². The molecule has 0 spiro atoms. The molecule has 0 bridgehead atoms. The Kier molecular flexibility index (Phi) is 4.75. The molecule has 112 valence electrons. The summed E-state index contributed by atoms with van der Waals surface area (Å²) in [4.78, 5) is 15.2. The fourth-order valence-corrected chi connectivity index (χ4v) is 2.47. The van der Waals surface area contributed by atoms with Crippen molar-refractivity contribution < 1.29 is 4.92 Å². The maximum absolute atomic E-state index is 11.2. The summed E-state index contributed by atoms with van der Waals surface area (Å²) >= 11 is 0. The van der Waals surface area contributed by atoms with E-state index in [1.807, 2.05) is 44.4 Å². The third kappa shape index (κ3) is 3.31. The first kappa shape index (κ1) is 15.3. The first-order chi connectivity index (χ1) is 10.0. The summed E-state index contributed by atoms with van der Waals surface area (Å²) in [5.41, 5.74) is 1.22. The van der Waals surface area contributed by atoms with Crippen LogP contribution in [0.15, 0.2) is 36.4 Å². The van der Waals surface area contributed by atoms with Gasteiger partial charge in [0.15, 0.2) is 0 Å². The van der Waals surface area contributed by atoms with Crippen molar-refractivity contribution in [1.82, 2.24) is 4.90 Å². The van der Waals surface area contributed by atoms with E-state index in [2.05, 4.69) is 16.7 Å². The van der Waals surface area contributed by atoms with Crippen LogP contribution in [-0.2, 0) is 0 Å². The number of likely N-dealkylation sites (N-methyl/N-ethyl adjacent to an activating group) is 2. The Labute approximate surface area is 124 Å². The van der Waals surface area contributed by atoms with Crippen LogP contribution in [0.25, 0.3) is 10.8 Å². The lowest BCUT2D eigenvalue weighted by Gasteiger charge is -2.26. The number of nitro groups is 1. The van der Waals surface area contributed by atoms with Gasteiger partial charge in [-0.1, -0.05) is 18.2 Å². The zero-order chi connectivity index (χ0) is 15.4. The molecule has 21 heavy (non-hydrogen) atoms. The van der Waals surface area contributed by atoms with Crippen LogP contribution >= 0.6 is 0 Å². The van der Waals surface area contributed by atoms with Crippen LogP contribution in [0.5, 0.6) is 0 Å². The van der Waals surface area contributed by atoms with Gasteiger partial charge in [0.2, 0.25) is 0 Å². The molecule has 0 aliphatic carbocycles. The summed E-state index contributed by atoms with van der Waals surface area (Å²) in [6.07, 6.45) is 0. The van der Waals surface area contributed by atoms with Gasteiger partial charge in [-0.2, -0.15) is 0 Å². The second-order valence-electron chi connectivity index (χ2n) is 5.29. The third-order valence-electron chi connectivity index (χ3n) is 3.61. The zero-order valence-electron chi connectivity index (χ0n) is 12.7. The Morgan fingerprint density at radius 2 is 1.71 bits per heavy atom. The van der Waals surface area contributed by atoms with E-state index in [1.54, 1.807) is 6.07 Å². The van der Waals surface area contributed by atoms with E-state index in [9.17, 15) is 10.1 Å². The molecular weight excluding hydrogens is 266 g/mol. The van der Waals surface area contributed by atoms with Crippen molar-refractivity contribution in [1.29, 1.82) is 0 Å². The number of rotatable bonds is 6. The predicted octanol–water partition coefficient (Wildman–Crippen LogP) is 3.14. The molecule has 5 heteroatoms. The molecule has 0 aliphatic rings. The normalized spacial score (nSPS) is 11.0. The molecule has 0 saturated heterocycles. The van der Waals surface area contributed by atoms with Crippen molar-refractivity contribution in [2.75, 3.05) is 38.6 Å². The van der Waals surface area contributed by atoms with E-state index in [0.29, 0.717) is 5.39 Å². The summed E-state index contributed by atoms with van der Waals surface area (Å²) in [5, 5.41) is 12.8. The molecular formula is C16H21N3O2. The number of non-ortho nitro benzene ring substituents is 1. The minimum Gasteiger partial charge on any atom is -0.370 e. The van der Waals surface area contributed by atoms with Gasteiger partial charge in [0.05, 0.1) is 10.3 Å².